The third kappa shape index (κ3) is 3.77. The molecule has 0 aliphatic heterocycles. The Morgan fingerprint density at radius 3 is 2.95 bits per heavy atom. The summed E-state index contributed by atoms with van der Waals surface area (Å²) in [6.07, 6.45) is 4.39. The Balaban J connectivity index is 1.96. The van der Waals surface area contributed by atoms with Crippen LogP contribution in [0.5, 0.6) is 0 Å². The van der Waals surface area contributed by atoms with Crippen molar-refractivity contribution in [2.24, 2.45) is 0 Å². The first-order valence-electron chi connectivity index (χ1n) is 6.93. The standard InChI is InChI=1S/C14H20N4O2/c1-3-6-15-7-4-5-13-17-18-14(20-13)11-9-16-10(2)8-12(11)19/h8-9,15H,3-7H2,1-2H3,(H,16,19). The molecular weight excluding hydrogens is 256 g/mol. The van der Waals surface area contributed by atoms with Crippen molar-refractivity contribution in [2.45, 2.75) is 33.1 Å². The van der Waals surface area contributed by atoms with Crippen LogP contribution in [-0.4, -0.2) is 28.3 Å². The van der Waals surface area contributed by atoms with Crippen molar-refractivity contribution in [3.8, 4) is 11.5 Å². The molecule has 2 aromatic rings. The number of hydrogen-bond acceptors (Lipinski definition) is 5. The van der Waals surface area contributed by atoms with Crippen molar-refractivity contribution in [3.05, 3.63) is 34.1 Å². The summed E-state index contributed by atoms with van der Waals surface area (Å²) in [4.78, 5) is 14.8. The fraction of sp³-hybridized carbons (Fsp3) is 0.500. The molecule has 0 amide bonds. The number of H-pyrrole nitrogens is 1. The van der Waals surface area contributed by atoms with Gasteiger partial charge in [0.15, 0.2) is 5.43 Å². The Bertz CT molecular complexity index is 603. The minimum atomic E-state index is -0.110. The van der Waals surface area contributed by atoms with Crippen LogP contribution >= 0.6 is 0 Å². The first-order valence-corrected chi connectivity index (χ1v) is 6.93. The molecule has 0 aromatic carbocycles. The smallest absolute Gasteiger partial charge is 0.253 e. The van der Waals surface area contributed by atoms with Crippen molar-refractivity contribution in [3.63, 3.8) is 0 Å². The van der Waals surface area contributed by atoms with E-state index < -0.39 is 0 Å². The molecule has 0 aliphatic rings. The van der Waals surface area contributed by atoms with Crippen molar-refractivity contribution in [1.82, 2.24) is 20.5 Å². The summed E-state index contributed by atoms with van der Waals surface area (Å²) in [6, 6.07) is 1.52. The Kier molecular flexibility index (Phi) is 5.06. The van der Waals surface area contributed by atoms with Gasteiger partial charge >= 0.3 is 0 Å². The second-order valence-electron chi connectivity index (χ2n) is 4.75. The van der Waals surface area contributed by atoms with Crippen LogP contribution in [0.15, 0.2) is 21.5 Å². The highest BCUT2D eigenvalue weighted by molar-refractivity contribution is 5.50. The van der Waals surface area contributed by atoms with E-state index in [0.717, 1.165) is 31.6 Å². The van der Waals surface area contributed by atoms with E-state index in [-0.39, 0.29) is 11.3 Å². The van der Waals surface area contributed by atoms with Gasteiger partial charge in [-0.15, -0.1) is 10.2 Å². The van der Waals surface area contributed by atoms with Gasteiger partial charge in [-0.05, 0) is 32.9 Å². The molecule has 0 saturated heterocycles. The third-order valence-electron chi connectivity index (χ3n) is 2.93. The van der Waals surface area contributed by atoms with Crippen LogP contribution in [0.2, 0.25) is 0 Å². The molecule has 108 valence electrons. The van der Waals surface area contributed by atoms with Gasteiger partial charge in [0.2, 0.25) is 5.89 Å². The molecule has 0 bridgehead atoms. The minimum absolute atomic E-state index is 0.110. The normalized spacial score (nSPS) is 10.9. The molecule has 2 N–H and O–H groups in total. The number of nitrogens with one attached hydrogen (secondary N) is 2. The molecule has 2 aromatic heterocycles. The Labute approximate surface area is 117 Å². The van der Waals surface area contributed by atoms with E-state index in [2.05, 4.69) is 27.4 Å². The molecule has 0 aliphatic carbocycles. The Hall–Kier alpha value is -1.95. The third-order valence-corrected chi connectivity index (χ3v) is 2.93. The van der Waals surface area contributed by atoms with Crippen molar-refractivity contribution in [2.75, 3.05) is 13.1 Å². The van der Waals surface area contributed by atoms with E-state index in [1.807, 2.05) is 6.92 Å². The van der Waals surface area contributed by atoms with Crippen LogP contribution in [-0.2, 0) is 6.42 Å². The zero-order chi connectivity index (χ0) is 14.4. The summed E-state index contributed by atoms with van der Waals surface area (Å²) in [5.74, 6) is 0.848. The van der Waals surface area contributed by atoms with Crippen molar-refractivity contribution >= 4 is 0 Å². The first kappa shape index (κ1) is 14.5. The minimum Gasteiger partial charge on any atom is -0.420 e. The maximum Gasteiger partial charge on any atom is 0.253 e. The summed E-state index contributed by atoms with van der Waals surface area (Å²) in [5.41, 5.74) is 1.11. The average Bonchev–Trinajstić information content (AvgIpc) is 2.87. The number of hydrogen-bond donors (Lipinski definition) is 2. The fourth-order valence-electron chi connectivity index (χ4n) is 1.87. The van der Waals surface area contributed by atoms with Crippen molar-refractivity contribution < 1.29 is 4.42 Å². The van der Waals surface area contributed by atoms with E-state index in [9.17, 15) is 4.79 Å². The maximum absolute atomic E-state index is 11.8. The predicted octanol–water partition coefficient (Wildman–Crippen LogP) is 1.67. The van der Waals surface area contributed by atoms with Gasteiger partial charge in [-0.1, -0.05) is 6.92 Å². The van der Waals surface area contributed by atoms with Crippen LogP contribution in [0, 0.1) is 6.92 Å². The topological polar surface area (TPSA) is 83.8 Å². The second kappa shape index (κ2) is 7.00. The van der Waals surface area contributed by atoms with Crippen LogP contribution in [0.3, 0.4) is 0 Å². The molecule has 0 unspecified atom stereocenters. The maximum atomic E-state index is 11.8. The summed E-state index contributed by atoms with van der Waals surface area (Å²) in [5, 5.41) is 11.2. The molecule has 0 atom stereocenters. The lowest BCUT2D eigenvalue weighted by molar-refractivity contribution is 0.491. The highest BCUT2D eigenvalue weighted by Gasteiger charge is 2.11. The molecule has 0 fully saturated rings. The number of nitrogens with zero attached hydrogens (tertiary/aromatic N) is 2. The van der Waals surface area contributed by atoms with Gasteiger partial charge in [-0.2, -0.15) is 0 Å². The summed E-state index contributed by atoms with van der Waals surface area (Å²) >= 11 is 0. The van der Waals surface area contributed by atoms with Crippen molar-refractivity contribution in [1.29, 1.82) is 0 Å². The van der Waals surface area contributed by atoms with Gasteiger partial charge in [-0.25, -0.2) is 0 Å². The lowest BCUT2D eigenvalue weighted by Crippen LogP contribution is -2.16. The molecule has 6 heteroatoms. The predicted molar refractivity (Wildman–Crippen MR) is 76.6 cm³/mol. The van der Waals surface area contributed by atoms with Gasteiger partial charge in [0.25, 0.3) is 5.89 Å². The van der Waals surface area contributed by atoms with E-state index >= 15 is 0 Å². The molecule has 2 heterocycles. The monoisotopic (exact) mass is 276 g/mol. The second-order valence-corrected chi connectivity index (χ2v) is 4.75. The lowest BCUT2D eigenvalue weighted by atomic mass is 10.2. The quantitative estimate of drug-likeness (QED) is 0.751. The van der Waals surface area contributed by atoms with E-state index in [1.54, 1.807) is 6.20 Å². The zero-order valence-electron chi connectivity index (χ0n) is 11.9. The van der Waals surface area contributed by atoms with Crippen LogP contribution in [0.25, 0.3) is 11.5 Å². The van der Waals surface area contributed by atoms with E-state index in [0.29, 0.717) is 17.9 Å². The molecule has 20 heavy (non-hydrogen) atoms. The van der Waals surface area contributed by atoms with Crippen LogP contribution < -0.4 is 10.7 Å². The molecular formula is C14H20N4O2. The Morgan fingerprint density at radius 2 is 2.20 bits per heavy atom. The zero-order valence-corrected chi connectivity index (χ0v) is 11.9. The number of pyridine rings is 1. The summed E-state index contributed by atoms with van der Waals surface area (Å²) < 4.78 is 5.53. The fourth-order valence-corrected chi connectivity index (χ4v) is 1.87. The number of aromatic nitrogens is 3. The number of rotatable bonds is 7. The SMILES string of the molecule is CCCNCCCc1nnc(-c2c[nH]c(C)cc2=O)o1. The summed E-state index contributed by atoms with van der Waals surface area (Å²) in [6.45, 7) is 5.91. The molecule has 0 radical (unpaired) electrons. The molecule has 0 spiro atoms. The highest BCUT2D eigenvalue weighted by atomic mass is 16.4. The number of aromatic amines is 1. The van der Waals surface area contributed by atoms with Crippen LogP contribution in [0.1, 0.15) is 31.4 Å². The molecule has 6 nitrogen and oxygen atoms in total. The van der Waals surface area contributed by atoms with Crippen LogP contribution in [0.4, 0.5) is 0 Å². The molecule has 2 rings (SSSR count). The van der Waals surface area contributed by atoms with Gasteiger partial charge in [0.1, 0.15) is 5.56 Å². The van der Waals surface area contributed by atoms with Gasteiger partial charge in [0, 0.05) is 24.4 Å². The van der Waals surface area contributed by atoms with E-state index in [1.165, 1.54) is 6.07 Å². The van der Waals surface area contributed by atoms with Gasteiger partial charge in [-0.3, -0.25) is 4.79 Å². The highest BCUT2D eigenvalue weighted by Crippen LogP contribution is 2.13. The molecule has 0 saturated carbocycles. The van der Waals surface area contributed by atoms with E-state index in [4.69, 9.17) is 4.42 Å². The largest absolute Gasteiger partial charge is 0.420 e. The van der Waals surface area contributed by atoms with Gasteiger partial charge < -0.3 is 14.7 Å². The lowest BCUT2D eigenvalue weighted by Gasteiger charge is -1.99. The number of aryl methyl sites for hydroxylation is 2. The summed E-state index contributed by atoms with van der Waals surface area (Å²) in [7, 11) is 0. The average molecular weight is 276 g/mol. The Morgan fingerprint density at radius 1 is 1.35 bits per heavy atom. The van der Waals surface area contributed by atoms with Gasteiger partial charge in [0.05, 0.1) is 0 Å². The first-order chi connectivity index (χ1) is 9.70.